The van der Waals surface area contributed by atoms with Gasteiger partial charge in [0.25, 0.3) is 5.56 Å². The van der Waals surface area contributed by atoms with Crippen LogP contribution in [0.1, 0.15) is 44.9 Å². The molecule has 0 N–H and O–H groups in total. The quantitative estimate of drug-likeness (QED) is 0.471. The molecule has 1 aliphatic rings. The summed E-state index contributed by atoms with van der Waals surface area (Å²) >= 11 is 1.29. The highest BCUT2D eigenvalue weighted by Gasteiger charge is 2.33. The Labute approximate surface area is 207 Å². The third kappa shape index (κ3) is 5.07. The number of esters is 1. The van der Waals surface area contributed by atoms with Crippen molar-refractivity contribution in [1.29, 1.82) is 0 Å². The number of thiazole rings is 1. The van der Waals surface area contributed by atoms with Crippen molar-refractivity contribution in [2.24, 2.45) is 4.99 Å². The van der Waals surface area contributed by atoms with E-state index in [-0.39, 0.29) is 11.7 Å². The fraction of sp³-hybridized carbons (Fsp3) is 0.296. The lowest BCUT2D eigenvalue weighted by Gasteiger charge is -2.25. The largest absolute Gasteiger partial charge is 0.497 e. The molecule has 1 aliphatic heterocycles. The zero-order chi connectivity index (χ0) is 25.1. The molecule has 0 saturated heterocycles. The minimum atomic E-state index is -0.661. The van der Waals surface area contributed by atoms with E-state index >= 15 is 0 Å². The third-order valence-electron chi connectivity index (χ3n) is 5.50. The molecule has 182 valence electrons. The minimum Gasteiger partial charge on any atom is -0.497 e. The monoisotopic (exact) mass is 492 g/mol. The summed E-state index contributed by atoms with van der Waals surface area (Å²) in [5, 5.41) is 0. The molecule has 2 aromatic carbocycles. The van der Waals surface area contributed by atoms with Gasteiger partial charge in [-0.25, -0.2) is 9.79 Å². The van der Waals surface area contributed by atoms with Gasteiger partial charge in [0.2, 0.25) is 0 Å². The van der Waals surface area contributed by atoms with Crippen LogP contribution in [0.5, 0.6) is 11.5 Å². The van der Waals surface area contributed by atoms with Crippen molar-refractivity contribution in [2.75, 3.05) is 13.7 Å². The highest BCUT2D eigenvalue weighted by molar-refractivity contribution is 7.07. The molecule has 0 amide bonds. The Kier molecular flexibility index (Phi) is 7.21. The summed E-state index contributed by atoms with van der Waals surface area (Å²) in [6.45, 7) is 7.88. The number of hydrogen-bond acceptors (Lipinski definition) is 7. The first kappa shape index (κ1) is 24.5. The number of carbonyl (C=O) groups excluding carboxylic acids is 1. The van der Waals surface area contributed by atoms with Gasteiger partial charge in [-0.3, -0.25) is 9.36 Å². The molecule has 2 heterocycles. The van der Waals surface area contributed by atoms with Crippen LogP contribution in [0.15, 0.2) is 69.6 Å². The van der Waals surface area contributed by atoms with Gasteiger partial charge >= 0.3 is 5.97 Å². The van der Waals surface area contributed by atoms with Gasteiger partial charge in [0.05, 0.1) is 41.7 Å². The van der Waals surface area contributed by atoms with Crippen molar-refractivity contribution in [3.63, 3.8) is 0 Å². The summed E-state index contributed by atoms with van der Waals surface area (Å²) in [6, 6.07) is 14.2. The average Bonchev–Trinajstić information content (AvgIpc) is 3.13. The number of allylic oxidation sites excluding steroid dienone is 1. The topological polar surface area (TPSA) is 79.1 Å². The first-order valence-corrected chi connectivity index (χ1v) is 12.2. The van der Waals surface area contributed by atoms with Crippen LogP contribution in [0, 0.1) is 0 Å². The van der Waals surface area contributed by atoms with E-state index < -0.39 is 12.0 Å². The summed E-state index contributed by atoms with van der Waals surface area (Å²) in [5.74, 6) is 0.973. The maximum atomic E-state index is 13.6. The van der Waals surface area contributed by atoms with Gasteiger partial charge in [-0.05, 0) is 69.2 Å². The first-order valence-electron chi connectivity index (χ1n) is 11.4. The molecular formula is C27H28N2O5S. The number of nitrogens with zero attached hydrogens (tertiary/aromatic N) is 2. The zero-order valence-electron chi connectivity index (χ0n) is 20.4. The average molecular weight is 493 g/mol. The smallest absolute Gasteiger partial charge is 0.338 e. The molecule has 0 spiro atoms. The Hall–Kier alpha value is -3.65. The van der Waals surface area contributed by atoms with E-state index in [1.807, 2.05) is 61.5 Å². The summed E-state index contributed by atoms with van der Waals surface area (Å²) in [7, 11) is 1.59. The van der Waals surface area contributed by atoms with Gasteiger partial charge in [-0.1, -0.05) is 35.6 Å². The molecule has 3 aromatic rings. The number of benzene rings is 2. The number of hydrogen-bond donors (Lipinski definition) is 0. The van der Waals surface area contributed by atoms with Gasteiger partial charge in [0.15, 0.2) is 4.80 Å². The van der Waals surface area contributed by atoms with E-state index in [1.165, 1.54) is 11.3 Å². The number of carbonyl (C=O) groups is 1. The standard InChI is InChI=1S/C27H28N2O5S/c1-6-33-21-11-7-18(8-12-21)15-22-25(30)29-24(19-9-13-20(32-5)14-10-19)23(26(31)34-16(2)3)17(4)28-27(29)35-22/h7-16,24H,6H2,1-5H3/b22-15+/t24-/m0/s1. The Morgan fingerprint density at radius 2 is 1.77 bits per heavy atom. The Morgan fingerprint density at radius 3 is 2.37 bits per heavy atom. The normalized spacial score (nSPS) is 15.6. The number of fused-ring (bicyclic) bond motifs is 1. The van der Waals surface area contributed by atoms with Crippen molar-refractivity contribution < 1.29 is 19.0 Å². The lowest BCUT2D eigenvalue weighted by atomic mass is 9.96. The van der Waals surface area contributed by atoms with E-state index in [0.717, 1.165) is 16.9 Å². The van der Waals surface area contributed by atoms with Crippen LogP contribution < -0.4 is 24.4 Å². The van der Waals surface area contributed by atoms with Crippen molar-refractivity contribution in [2.45, 2.75) is 39.8 Å². The SMILES string of the molecule is CCOc1ccc(/C=c2/sc3n(c2=O)[C@@H](c2ccc(OC)cc2)C(C(=O)OC(C)C)=C(C)N=3)cc1. The summed E-state index contributed by atoms with van der Waals surface area (Å²) in [4.78, 5) is 31.9. The maximum Gasteiger partial charge on any atom is 0.338 e. The van der Waals surface area contributed by atoms with Crippen LogP contribution in [-0.2, 0) is 9.53 Å². The molecule has 0 aliphatic carbocycles. The summed E-state index contributed by atoms with van der Waals surface area (Å²) in [6.07, 6.45) is 1.53. The van der Waals surface area contributed by atoms with Crippen molar-refractivity contribution in [3.05, 3.63) is 90.6 Å². The van der Waals surface area contributed by atoms with Gasteiger partial charge in [0.1, 0.15) is 11.5 Å². The van der Waals surface area contributed by atoms with Gasteiger partial charge in [-0.2, -0.15) is 0 Å². The number of methoxy groups -OCH3 is 1. The zero-order valence-corrected chi connectivity index (χ0v) is 21.2. The second kappa shape index (κ2) is 10.3. The van der Waals surface area contributed by atoms with E-state index in [2.05, 4.69) is 4.99 Å². The molecule has 1 aromatic heterocycles. The molecule has 0 saturated carbocycles. The van der Waals surface area contributed by atoms with Crippen LogP contribution in [0.25, 0.3) is 6.08 Å². The van der Waals surface area contributed by atoms with Gasteiger partial charge < -0.3 is 14.2 Å². The van der Waals surface area contributed by atoms with E-state index in [0.29, 0.717) is 33.0 Å². The van der Waals surface area contributed by atoms with E-state index in [1.54, 1.807) is 32.4 Å². The number of ether oxygens (including phenoxy) is 3. The Morgan fingerprint density at radius 1 is 1.11 bits per heavy atom. The molecule has 0 radical (unpaired) electrons. The van der Waals surface area contributed by atoms with Gasteiger partial charge in [-0.15, -0.1) is 0 Å². The number of rotatable bonds is 7. The van der Waals surface area contributed by atoms with Crippen LogP contribution in [0.2, 0.25) is 0 Å². The van der Waals surface area contributed by atoms with Crippen molar-refractivity contribution >= 4 is 23.4 Å². The second-order valence-corrected chi connectivity index (χ2v) is 9.32. The molecule has 7 nitrogen and oxygen atoms in total. The molecule has 4 rings (SSSR count). The first-order chi connectivity index (χ1) is 16.8. The Bertz CT molecular complexity index is 1430. The highest BCUT2D eigenvalue weighted by atomic mass is 32.1. The third-order valence-corrected chi connectivity index (χ3v) is 6.49. The molecule has 0 unspecified atom stereocenters. The van der Waals surface area contributed by atoms with E-state index in [9.17, 15) is 9.59 Å². The summed E-state index contributed by atoms with van der Waals surface area (Å²) in [5.41, 5.74) is 2.31. The van der Waals surface area contributed by atoms with Crippen LogP contribution in [0.4, 0.5) is 0 Å². The lowest BCUT2D eigenvalue weighted by molar-refractivity contribution is -0.143. The molecule has 0 fully saturated rings. The number of aromatic nitrogens is 1. The van der Waals surface area contributed by atoms with Crippen LogP contribution >= 0.6 is 11.3 Å². The molecular weight excluding hydrogens is 464 g/mol. The van der Waals surface area contributed by atoms with Crippen LogP contribution in [0.3, 0.4) is 0 Å². The molecule has 35 heavy (non-hydrogen) atoms. The predicted molar refractivity (Wildman–Crippen MR) is 136 cm³/mol. The Balaban J connectivity index is 1.87. The van der Waals surface area contributed by atoms with Crippen LogP contribution in [-0.4, -0.2) is 30.4 Å². The van der Waals surface area contributed by atoms with Crippen molar-refractivity contribution in [3.8, 4) is 11.5 Å². The molecule has 8 heteroatoms. The maximum absolute atomic E-state index is 13.6. The molecule has 0 bridgehead atoms. The molecule has 1 atom stereocenters. The predicted octanol–water partition coefficient (Wildman–Crippen LogP) is 3.59. The minimum absolute atomic E-state index is 0.217. The fourth-order valence-corrected chi connectivity index (χ4v) is 4.99. The van der Waals surface area contributed by atoms with E-state index in [4.69, 9.17) is 14.2 Å². The van der Waals surface area contributed by atoms with Crippen molar-refractivity contribution in [1.82, 2.24) is 4.57 Å². The summed E-state index contributed by atoms with van der Waals surface area (Å²) < 4.78 is 18.4. The van der Waals surface area contributed by atoms with Gasteiger partial charge in [0, 0.05) is 0 Å². The fourth-order valence-electron chi connectivity index (χ4n) is 3.94. The lowest BCUT2D eigenvalue weighted by Crippen LogP contribution is -2.40. The second-order valence-electron chi connectivity index (χ2n) is 8.31. The highest BCUT2D eigenvalue weighted by Crippen LogP contribution is 2.31.